The standard InChI is InChI=1S/C8H5NO2.C6H15N/c10-7-5-3-1-2-4-6(5)8(11)9-7;1-4-7(5-2)6-3/h1-4H,(H,9,10,11);4-6H2,1-3H3. The van der Waals surface area contributed by atoms with Crippen molar-refractivity contribution in [2.75, 3.05) is 19.6 Å². The number of amides is 2. The molecule has 4 nitrogen and oxygen atoms in total. The predicted molar refractivity (Wildman–Crippen MR) is 71.7 cm³/mol. The highest BCUT2D eigenvalue weighted by Gasteiger charge is 2.25. The molecule has 0 bridgehead atoms. The van der Waals surface area contributed by atoms with E-state index in [4.69, 9.17) is 0 Å². The van der Waals surface area contributed by atoms with Crippen molar-refractivity contribution in [3.05, 3.63) is 35.4 Å². The van der Waals surface area contributed by atoms with E-state index in [1.807, 2.05) is 0 Å². The number of nitrogens with one attached hydrogen (secondary N) is 1. The number of hydrogen-bond acceptors (Lipinski definition) is 3. The first-order valence-electron chi connectivity index (χ1n) is 6.31. The van der Waals surface area contributed by atoms with Crippen molar-refractivity contribution < 1.29 is 9.59 Å². The molecule has 0 atom stereocenters. The average Bonchev–Trinajstić information content (AvgIpc) is 2.69. The van der Waals surface area contributed by atoms with Crippen LogP contribution in [0, 0.1) is 0 Å². The van der Waals surface area contributed by atoms with Crippen LogP contribution in [0.5, 0.6) is 0 Å². The van der Waals surface area contributed by atoms with Crippen LogP contribution in [0.1, 0.15) is 41.5 Å². The topological polar surface area (TPSA) is 49.4 Å². The summed E-state index contributed by atoms with van der Waals surface area (Å²) in [5, 5.41) is 2.20. The maximum atomic E-state index is 10.9. The molecule has 1 aliphatic rings. The van der Waals surface area contributed by atoms with Gasteiger partial charge in [-0.25, -0.2) is 0 Å². The molecule has 0 aromatic heterocycles. The van der Waals surface area contributed by atoms with Crippen LogP contribution >= 0.6 is 0 Å². The summed E-state index contributed by atoms with van der Waals surface area (Å²) in [7, 11) is 0. The largest absolute Gasteiger partial charge is 0.304 e. The lowest BCUT2D eigenvalue weighted by molar-refractivity contribution is 0.0879. The van der Waals surface area contributed by atoms with Gasteiger partial charge in [-0.2, -0.15) is 0 Å². The molecule has 1 aliphatic heterocycles. The fraction of sp³-hybridized carbons (Fsp3) is 0.429. The second-order valence-corrected chi connectivity index (χ2v) is 3.95. The quantitative estimate of drug-likeness (QED) is 0.831. The average molecular weight is 248 g/mol. The third kappa shape index (κ3) is 3.40. The van der Waals surface area contributed by atoms with Crippen molar-refractivity contribution in [1.29, 1.82) is 0 Å². The van der Waals surface area contributed by atoms with Crippen LogP contribution in [-0.4, -0.2) is 36.3 Å². The van der Waals surface area contributed by atoms with Gasteiger partial charge in [0, 0.05) is 0 Å². The first-order chi connectivity index (χ1) is 8.63. The van der Waals surface area contributed by atoms with E-state index >= 15 is 0 Å². The first-order valence-corrected chi connectivity index (χ1v) is 6.31. The Balaban J connectivity index is 0.000000203. The number of benzene rings is 1. The monoisotopic (exact) mass is 248 g/mol. The molecule has 0 fully saturated rings. The number of imide groups is 1. The summed E-state index contributed by atoms with van der Waals surface area (Å²) in [6.07, 6.45) is 0. The second kappa shape index (κ2) is 6.91. The van der Waals surface area contributed by atoms with E-state index in [2.05, 4.69) is 31.0 Å². The molecule has 1 N–H and O–H groups in total. The molecule has 1 heterocycles. The van der Waals surface area contributed by atoms with Crippen LogP contribution in [0.3, 0.4) is 0 Å². The fourth-order valence-corrected chi connectivity index (χ4v) is 1.79. The number of nitrogens with zero attached hydrogens (tertiary/aromatic N) is 1. The van der Waals surface area contributed by atoms with Crippen molar-refractivity contribution >= 4 is 11.8 Å². The molecule has 0 unspecified atom stereocenters. The molecule has 1 aromatic rings. The van der Waals surface area contributed by atoms with Gasteiger partial charge in [0.25, 0.3) is 11.8 Å². The summed E-state index contributed by atoms with van der Waals surface area (Å²) in [6, 6.07) is 6.74. The van der Waals surface area contributed by atoms with Gasteiger partial charge >= 0.3 is 0 Å². The molecule has 0 spiro atoms. The lowest BCUT2D eigenvalue weighted by atomic mass is 10.1. The molecule has 2 rings (SSSR count). The Hall–Kier alpha value is -1.68. The fourth-order valence-electron chi connectivity index (χ4n) is 1.79. The van der Waals surface area contributed by atoms with Gasteiger partial charge in [-0.3, -0.25) is 14.9 Å². The first kappa shape index (κ1) is 14.4. The molecule has 0 aliphatic carbocycles. The highest BCUT2D eigenvalue weighted by atomic mass is 16.2. The number of hydrogen-bond donors (Lipinski definition) is 1. The highest BCUT2D eigenvalue weighted by molar-refractivity contribution is 6.21. The molecular formula is C14H20N2O2. The lowest BCUT2D eigenvalue weighted by Gasteiger charge is -2.13. The van der Waals surface area contributed by atoms with Crippen LogP contribution < -0.4 is 5.32 Å². The predicted octanol–water partition coefficient (Wildman–Crippen LogP) is 1.92. The zero-order valence-corrected chi connectivity index (χ0v) is 11.2. The molecule has 1 aromatic carbocycles. The zero-order valence-electron chi connectivity index (χ0n) is 11.2. The third-order valence-corrected chi connectivity index (χ3v) is 2.99. The second-order valence-electron chi connectivity index (χ2n) is 3.95. The Morgan fingerprint density at radius 2 is 1.28 bits per heavy atom. The number of fused-ring (bicyclic) bond motifs is 1. The van der Waals surface area contributed by atoms with E-state index in [1.165, 1.54) is 19.6 Å². The van der Waals surface area contributed by atoms with E-state index in [1.54, 1.807) is 24.3 Å². The van der Waals surface area contributed by atoms with Crippen molar-refractivity contribution in [3.8, 4) is 0 Å². The molecule has 98 valence electrons. The normalized spacial score (nSPS) is 12.9. The van der Waals surface area contributed by atoms with Crippen LogP contribution in [-0.2, 0) is 0 Å². The Bertz CT molecular complexity index is 387. The minimum absolute atomic E-state index is 0.300. The van der Waals surface area contributed by atoms with Gasteiger partial charge in [0.05, 0.1) is 11.1 Å². The van der Waals surface area contributed by atoms with Crippen molar-refractivity contribution in [1.82, 2.24) is 10.2 Å². The van der Waals surface area contributed by atoms with Crippen molar-refractivity contribution in [2.45, 2.75) is 20.8 Å². The Labute approximate surface area is 108 Å². The molecule has 0 radical (unpaired) electrons. The summed E-state index contributed by atoms with van der Waals surface area (Å²) in [5.41, 5.74) is 0.940. The van der Waals surface area contributed by atoms with Gasteiger partial charge in [0.15, 0.2) is 0 Å². The summed E-state index contributed by atoms with van der Waals surface area (Å²) in [5.74, 6) is -0.601. The van der Waals surface area contributed by atoms with Crippen LogP contribution in [0.15, 0.2) is 24.3 Å². The summed E-state index contributed by atoms with van der Waals surface area (Å²) >= 11 is 0. The summed E-state index contributed by atoms with van der Waals surface area (Å²) in [4.78, 5) is 24.3. The third-order valence-electron chi connectivity index (χ3n) is 2.99. The molecule has 18 heavy (non-hydrogen) atoms. The molecular weight excluding hydrogens is 228 g/mol. The van der Waals surface area contributed by atoms with Gasteiger partial charge in [0.2, 0.25) is 0 Å². The van der Waals surface area contributed by atoms with E-state index in [9.17, 15) is 9.59 Å². The summed E-state index contributed by atoms with van der Waals surface area (Å²) in [6.45, 7) is 10.1. The molecule has 2 amide bonds. The van der Waals surface area contributed by atoms with E-state index in [-0.39, 0.29) is 11.8 Å². The Morgan fingerprint density at radius 1 is 0.889 bits per heavy atom. The van der Waals surface area contributed by atoms with Gasteiger partial charge in [-0.15, -0.1) is 0 Å². The smallest absolute Gasteiger partial charge is 0.258 e. The number of carbonyl (C=O) groups excluding carboxylic acids is 2. The van der Waals surface area contributed by atoms with Crippen LogP contribution in [0.2, 0.25) is 0 Å². The molecule has 0 saturated heterocycles. The van der Waals surface area contributed by atoms with Gasteiger partial charge in [-0.05, 0) is 31.8 Å². The highest BCUT2D eigenvalue weighted by Crippen LogP contribution is 2.13. The molecule has 0 saturated carbocycles. The van der Waals surface area contributed by atoms with E-state index in [0.29, 0.717) is 11.1 Å². The number of rotatable bonds is 3. The summed E-state index contributed by atoms with van der Waals surface area (Å²) < 4.78 is 0. The maximum absolute atomic E-state index is 10.9. The van der Waals surface area contributed by atoms with Gasteiger partial charge in [0.1, 0.15) is 0 Å². The lowest BCUT2D eigenvalue weighted by Crippen LogP contribution is -2.21. The Morgan fingerprint density at radius 3 is 1.56 bits per heavy atom. The minimum atomic E-state index is -0.300. The molecule has 4 heteroatoms. The SMILES string of the molecule is CCN(CC)CC.O=C1NC(=O)c2ccccc21. The van der Waals surface area contributed by atoms with Gasteiger partial charge < -0.3 is 4.90 Å². The van der Waals surface area contributed by atoms with Crippen molar-refractivity contribution in [3.63, 3.8) is 0 Å². The van der Waals surface area contributed by atoms with Crippen molar-refractivity contribution in [2.24, 2.45) is 0 Å². The van der Waals surface area contributed by atoms with Gasteiger partial charge in [-0.1, -0.05) is 32.9 Å². The van der Waals surface area contributed by atoms with Crippen LogP contribution in [0.4, 0.5) is 0 Å². The minimum Gasteiger partial charge on any atom is -0.304 e. The Kier molecular flexibility index (Phi) is 5.52. The zero-order chi connectivity index (χ0) is 13.5. The number of carbonyl (C=O) groups is 2. The maximum Gasteiger partial charge on any atom is 0.258 e. The van der Waals surface area contributed by atoms with Crippen LogP contribution in [0.25, 0.3) is 0 Å². The van der Waals surface area contributed by atoms with E-state index in [0.717, 1.165) is 0 Å². The van der Waals surface area contributed by atoms with E-state index < -0.39 is 0 Å².